The lowest BCUT2D eigenvalue weighted by atomic mass is 10.2. The Labute approximate surface area is 104 Å². The third-order valence-electron chi connectivity index (χ3n) is 3.20. The van der Waals surface area contributed by atoms with Gasteiger partial charge in [-0.2, -0.15) is 0 Å². The van der Waals surface area contributed by atoms with E-state index in [0.29, 0.717) is 19.5 Å². The first-order valence-corrected chi connectivity index (χ1v) is 6.07. The number of carbonyl (C=O) groups is 1. The molecular formula is C11H18N4O3. The zero-order valence-corrected chi connectivity index (χ0v) is 10.3. The van der Waals surface area contributed by atoms with Crippen LogP contribution in [0.2, 0.25) is 0 Å². The number of carbonyl (C=O) groups excluding carboxylic acids is 1. The van der Waals surface area contributed by atoms with Crippen LogP contribution in [0, 0.1) is 0 Å². The highest BCUT2D eigenvalue weighted by atomic mass is 16.5. The highest BCUT2D eigenvalue weighted by molar-refractivity contribution is 5.80. The summed E-state index contributed by atoms with van der Waals surface area (Å²) in [6.07, 6.45) is 4.27. The number of hydrazine groups is 1. The molecule has 2 rings (SSSR count). The van der Waals surface area contributed by atoms with Crippen molar-refractivity contribution in [2.75, 3.05) is 0 Å². The van der Waals surface area contributed by atoms with E-state index in [1.165, 1.54) is 0 Å². The van der Waals surface area contributed by atoms with E-state index >= 15 is 0 Å². The molecule has 7 heteroatoms. The molecule has 0 aliphatic carbocycles. The van der Waals surface area contributed by atoms with Crippen molar-refractivity contribution in [3.05, 3.63) is 22.9 Å². The Morgan fingerprint density at radius 2 is 2.22 bits per heavy atom. The van der Waals surface area contributed by atoms with Crippen molar-refractivity contribution in [2.45, 2.75) is 45.1 Å². The summed E-state index contributed by atoms with van der Waals surface area (Å²) in [4.78, 5) is 23.1. The number of amides is 1. The van der Waals surface area contributed by atoms with Gasteiger partial charge in [-0.15, -0.1) is 0 Å². The lowest BCUT2D eigenvalue weighted by molar-refractivity contribution is -0.132. The van der Waals surface area contributed by atoms with Gasteiger partial charge in [-0.05, 0) is 19.8 Å². The quantitative estimate of drug-likeness (QED) is 0.418. The normalized spacial score (nSPS) is 23.2. The number of nitrogens with one attached hydrogen (secondary N) is 1. The van der Waals surface area contributed by atoms with Crippen LogP contribution in [0.25, 0.3) is 0 Å². The Hall–Kier alpha value is -1.60. The molecule has 1 aromatic rings. The van der Waals surface area contributed by atoms with Gasteiger partial charge in [-0.25, -0.2) is 10.6 Å². The maximum atomic E-state index is 11.8. The molecule has 0 aromatic carbocycles. The van der Waals surface area contributed by atoms with Gasteiger partial charge in [0, 0.05) is 18.9 Å². The smallest absolute Gasteiger partial charge is 0.328 e. The van der Waals surface area contributed by atoms with Crippen molar-refractivity contribution in [3.63, 3.8) is 0 Å². The lowest BCUT2D eigenvalue weighted by Crippen LogP contribution is -2.39. The van der Waals surface area contributed by atoms with Gasteiger partial charge in [0.05, 0.1) is 12.6 Å². The number of rotatable bonds is 4. The Balaban J connectivity index is 1.97. The number of aromatic nitrogens is 2. The van der Waals surface area contributed by atoms with E-state index in [2.05, 4.69) is 5.43 Å². The fourth-order valence-corrected chi connectivity index (χ4v) is 2.18. The number of nitrogens with two attached hydrogens (primary N) is 1. The van der Waals surface area contributed by atoms with Gasteiger partial charge in [0.2, 0.25) is 0 Å². The van der Waals surface area contributed by atoms with Gasteiger partial charge in [0.1, 0.15) is 6.10 Å². The fourth-order valence-electron chi connectivity index (χ4n) is 2.18. The van der Waals surface area contributed by atoms with E-state index in [1.807, 2.05) is 6.92 Å². The van der Waals surface area contributed by atoms with Gasteiger partial charge in [0.15, 0.2) is 0 Å². The number of hydrogen-bond acceptors (Lipinski definition) is 4. The summed E-state index contributed by atoms with van der Waals surface area (Å²) < 4.78 is 8.79. The molecule has 1 amide bonds. The first kappa shape index (κ1) is 12.8. The van der Waals surface area contributed by atoms with E-state index in [-0.39, 0.29) is 17.7 Å². The number of nitrogens with zero attached hydrogens (tertiary/aromatic N) is 2. The molecule has 1 saturated heterocycles. The molecule has 1 fully saturated rings. The molecule has 0 radical (unpaired) electrons. The molecular weight excluding hydrogens is 236 g/mol. The van der Waals surface area contributed by atoms with Crippen molar-refractivity contribution in [2.24, 2.45) is 5.84 Å². The van der Waals surface area contributed by atoms with Crippen LogP contribution in [0.15, 0.2) is 17.2 Å². The minimum absolute atomic E-state index is 0.0483. The number of imidazole rings is 1. The van der Waals surface area contributed by atoms with Gasteiger partial charge in [-0.1, -0.05) is 0 Å². The fraction of sp³-hybridized carbons (Fsp3) is 0.636. The molecule has 2 atom stereocenters. The van der Waals surface area contributed by atoms with E-state index in [1.54, 1.807) is 21.5 Å². The number of aryl methyl sites for hydroxylation is 1. The first-order chi connectivity index (χ1) is 8.65. The van der Waals surface area contributed by atoms with Crippen LogP contribution in [-0.4, -0.2) is 27.2 Å². The Kier molecular flexibility index (Phi) is 3.83. The summed E-state index contributed by atoms with van der Waals surface area (Å²) in [5, 5.41) is 0. The predicted molar refractivity (Wildman–Crippen MR) is 64.6 cm³/mol. The molecule has 0 saturated carbocycles. The monoisotopic (exact) mass is 254 g/mol. The third-order valence-corrected chi connectivity index (χ3v) is 3.20. The summed E-state index contributed by atoms with van der Waals surface area (Å²) in [5.41, 5.74) is 2.03. The van der Waals surface area contributed by atoms with Crippen LogP contribution in [0.1, 0.15) is 19.8 Å². The van der Waals surface area contributed by atoms with Crippen molar-refractivity contribution < 1.29 is 9.53 Å². The van der Waals surface area contributed by atoms with Crippen LogP contribution in [0.5, 0.6) is 0 Å². The van der Waals surface area contributed by atoms with Gasteiger partial charge in [0.25, 0.3) is 5.91 Å². The number of hydrogen-bond donors (Lipinski definition) is 2. The largest absolute Gasteiger partial charge is 0.363 e. The zero-order valence-electron chi connectivity index (χ0n) is 10.3. The molecule has 7 nitrogen and oxygen atoms in total. The van der Waals surface area contributed by atoms with Crippen LogP contribution in [0.4, 0.5) is 0 Å². The molecule has 1 aliphatic heterocycles. The number of ether oxygens (including phenoxy) is 1. The Bertz CT molecular complexity index is 479. The van der Waals surface area contributed by atoms with Crippen LogP contribution < -0.4 is 17.0 Å². The predicted octanol–water partition coefficient (Wildman–Crippen LogP) is -0.793. The summed E-state index contributed by atoms with van der Waals surface area (Å²) >= 11 is 0. The van der Waals surface area contributed by atoms with Crippen molar-refractivity contribution in [3.8, 4) is 0 Å². The van der Waals surface area contributed by atoms with Crippen molar-refractivity contribution >= 4 is 5.91 Å². The SMILES string of the molecule is CCn1ccn(CC2CCC(C(=O)NN)O2)c1=O. The molecule has 2 unspecified atom stereocenters. The first-order valence-electron chi connectivity index (χ1n) is 6.07. The standard InChI is InChI=1S/C11H18N4O3/c1-2-14-5-6-15(11(14)17)7-8-3-4-9(18-8)10(16)13-12/h5-6,8-9H,2-4,7,12H2,1H3,(H,13,16). The molecule has 100 valence electrons. The van der Waals surface area contributed by atoms with Crippen LogP contribution >= 0.6 is 0 Å². The topological polar surface area (TPSA) is 91.3 Å². The molecule has 1 aliphatic rings. The maximum Gasteiger partial charge on any atom is 0.328 e. The summed E-state index contributed by atoms with van der Waals surface area (Å²) in [7, 11) is 0. The van der Waals surface area contributed by atoms with Crippen LogP contribution in [-0.2, 0) is 22.6 Å². The molecule has 1 aromatic heterocycles. The van der Waals surface area contributed by atoms with Crippen molar-refractivity contribution in [1.82, 2.24) is 14.6 Å². The molecule has 0 bridgehead atoms. The average molecular weight is 254 g/mol. The second-order valence-electron chi connectivity index (χ2n) is 4.35. The Morgan fingerprint density at radius 1 is 1.50 bits per heavy atom. The third kappa shape index (κ3) is 2.46. The minimum atomic E-state index is -0.496. The summed E-state index contributed by atoms with van der Waals surface area (Å²) in [6.45, 7) is 3.04. The molecule has 2 heterocycles. The van der Waals surface area contributed by atoms with Crippen LogP contribution in [0.3, 0.4) is 0 Å². The second kappa shape index (κ2) is 5.36. The van der Waals surface area contributed by atoms with E-state index in [9.17, 15) is 9.59 Å². The van der Waals surface area contributed by atoms with E-state index in [4.69, 9.17) is 10.6 Å². The zero-order chi connectivity index (χ0) is 13.1. The van der Waals surface area contributed by atoms with E-state index in [0.717, 1.165) is 6.42 Å². The molecule has 0 spiro atoms. The average Bonchev–Trinajstić information content (AvgIpc) is 2.97. The second-order valence-corrected chi connectivity index (χ2v) is 4.35. The lowest BCUT2D eigenvalue weighted by Gasteiger charge is -2.12. The van der Waals surface area contributed by atoms with Gasteiger partial charge < -0.3 is 4.74 Å². The van der Waals surface area contributed by atoms with Crippen molar-refractivity contribution in [1.29, 1.82) is 0 Å². The highest BCUT2D eigenvalue weighted by Gasteiger charge is 2.30. The summed E-state index contributed by atoms with van der Waals surface area (Å²) in [6, 6.07) is 0. The summed E-state index contributed by atoms with van der Waals surface area (Å²) in [5.74, 6) is 4.75. The molecule has 3 N–H and O–H groups in total. The van der Waals surface area contributed by atoms with Gasteiger partial charge >= 0.3 is 5.69 Å². The Morgan fingerprint density at radius 3 is 2.83 bits per heavy atom. The van der Waals surface area contributed by atoms with E-state index < -0.39 is 6.10 Å². The minimum Gasteiger partial charge on any atom is -0.363 e. The molecule has 18 heavy (non-hydrogen) atoms. The highest BCUT2D eigenvalue weighted by Crippen LogP contribution is 2.20. The van der Waals surface area contributed by atoms with Gasteiger partial charge in [-0.3, -0.25) is 19.4 Å². The maximum absolute atomic E-state index is 11.8.